The second-order valence-electron chi connectivity index (χ2n) is 26.0. The number of fused-ring (bicyclic) bond motifs is 6. The Labute approximate surface area is 518 Å². The minimum atomic E-state index is -1.15. The van der Waals surface area contributed by atoms with Crippen molar-refractivity contribution in [3.05, 3.63) is 72.4 Å². The van der Waals surface area contributed by atoms with E-state index in [1.165, 1.54) is 12.2 Å². The van der Waals surface area contributed by atoms with Gasteiger partial charge < -0.3 is 74.3 Å². The first-order valence-electron chi connectivity index (χ1n) is 32.2. The Morgan fingerprint density at radius 3 is 2.18 bits per heavy atom. The van der Waals surface area contributed by atoms with E-state index in [1.807, 2.05) is 0 Å². The van der Waals surface area contributed by atoms with Crippen LogP contribution in [-0.2, 0) is 87.4 Å². The molecule has 11 aliphatic rings. The minimum Gasteiger partial charge on any atom is -0.391 e. The van der Waals surface area contributed by atoms with E-state index < -0.39 is 104 Å². The number of nitrogens with one attached hydrogen (secondary N) is 5. The van der Waals surface area contributed by atoms with Crippen LogP contribution in [0.25, 0.3) is 0 Å². The van der Waals surface area contributed by atoms with E-state index in [0.717, 1.165) is 48.2 Å². The van der Waals surface area contributed by atoms with E-state index in [-0.39, 0.29) is 130 Å². The van der Waals surface area contributed by atoms with E-state index in [2.05, 4.69) is 46.7 Å². The van der Waals surface area contributed by atoms with Gasteiger partial charge in [-0.3, -0.25) is 43.3 Å². The van der Waals surface area contributed by atoms with E-state index in [9.17, 15) is 43.5 Å². The van der Waals surface area contributed by atoms with Gasteiger partial charge in [0.25, 0.3) is 11.8 Å². The van der Waals surface area contributed by atoms with Crippen LogP contribution < -0.4 is 26.6 Å². The van der Waals surface area contributed by atoms with Gasteiger partial charge >= 0.3 is 0 Å². The van der Waals surface area contributed by atoms with Gasteiger partial charge in [0.15, 0.2) is 5.79 Å². The van der Waals surface area contributed by atoms with Crippen molar-refractivity contribution < 1.29 is 86.1 Å². The molecule has 12 bridgehead atoms. The van der Waals surface area contributed by atoms with Crippen LogP contribution in [0.5, 0.6) is 0 Å². The highest BCUT2D eigenvalue weighted by atomic mass is 16.8. The van der Waals surface area contributed by atoms with Gasteiger partial charge in [-0.25, -0.2) is 0 Å². The zero-order valence-electron chi connectivity index (χ0n) is 51.0. The molecule has 20 atom stereocenters. The Hall–Kier alpha value is -5.80. The van der Waals surface area contributed by atoms with Crippen molar-refractivity contribution in [3.8, 4) is 0 Å². The maximum atomic E-state index is 14.5. The van der Waals surface area contributed by atoms with E-state index in [1.54, 1.807) is 37.4 Å². The third-order valence-corrected chi connectivity index (χ3v) is 19.7. The van der Waals surface area contributed by atoms with Crippen molar-refractivity contribution in [2.75, 3.05) is 39.8 Å². The van der Waals surface area contributed by atoms with Gasteiger partial charge in [-0.1, -0.05) is 56.8 Å². The lowest BCUT2D eigenvalue weighted by atomic mass is 9.81. The van der Waals surface area contributed by atoms with Crippen LogP contribution in [0.3, 0.4) is 0 Å². The summed E-state index contributed by atoms with van der Waals surface area (Å²) in [5.41, 5.74) is 2.74. The number of carbonyl (C=O) groups excluding carboxylic acids is 8. The highest BCUT2D eigenvalue weighted by molar-refractivity contribution is 6.12. The topological polar surface area (TPSA) is 303 Å². The smallest absolute Gasteiger partial charge is 0.253 e. The van der Waals surface area contributed by atoms with Gasteiger partial charge in [-0.15, -0.1) is 0 Å². The number of aliphatic hydroxyl groups is 1. The fourth-order valence-corrected chi connectivity index (χ4v) is 15.0. The molecule has 12 rings (SSSR count). The summed E-state index contributed by atoms with van der Waals surface area (Å²) in [6.07, 6.45) is 5.21. The van der Waals surface area contributed by atoms with Crippen molar-refractivity contribution in [1.29, 1.82) is 0 Å². The van der Waals surface area contributed by atoms with E-state index in [4.69, 9.17) is 42.6 Å². The molecule has 0 aromatic heterocycles. The number of amides is 7. The van der Waals surface area contributed by atoms with Crippen molar-refractivity contribution in [2.45, 2.75) is 232 Å². The number of nitrogens with zero attached hydrogens (tertiary/aromatic N) is 1. The fourth-order valence-electron chi connectivity index (χ4n) is 15.0. The summed E-state index contributed by atoms with van der Waals surface area (Å²) in [6.45, 7) is 9.78. The number of hydrogen-bond acceptors (Lipinski definition) is 18. The Balaban J connectivity index is 0.677. The highest BCUT2D eigenvalue weighted by Gasteiger charge is 2.69. The molecule has 10 fully saturated rings. The van der Waals surface area contributed by atoms with Gasteiger partial charge in [-0.2, -0.15) is 0 Å². The molecule has 7 amide bonds. The average molecular weight is 1240 g/mol. The van der Waals surface area contributed by atoms with Gasteiger partial charge in [0, 0.05) is 89.6 Å². The number of carbonyl (C=O) groups is 8. The van der Waals surface area contributed by atoms with Crippen LogP contribution in [-0.4, -0.2) is 206 Å². The fraction of sp³-hybridized carbons (Fsp3) is 0.692. The summed E-state index contributed by atoms with van der Waals surface area (Å²) in [4.78, 5) is 104. The molecule has 11 heterocycles. The Morgan fingerprint density at radius 2 is 1.38 bits per heavy atom. The summed E-state index contributed by atoms with van der Waals surface area (Å²) in [6, 6.07) is 7.76. The lowest BCUT2D eigenvalue weighted by molar-refractivity contribution is -0.292. The number of Topliss-reactive ketones (excluding diaryl/α,β-unsaturated/α-hetero) is 1. The summed E-state index contributed by atoms with van der Waals surface area (Å²) in [7, 11) is 1.57. The molecule has 11 aliphatic heterocycles. The largest absolute Gasteiger partial charge is 0.391 e. The predicted molar refractivity (Wildman–Crippen MR) is 316 cm³/mol. The quantitative estimate of drug-likeness (QED) is 0.0584. The van der Waals surface area contributed by atoms with Gasteiger partial charge in [-0.05, 0) is 80.4 Å². The van der Waals surface area contributed by atoms with Crippen LogP contribution >= 0.6 is 0 Å². The number of methoxy groups -OCH3 is 1. The zero-order chi connectivity index (χ0) is 62.5. The second kappa shape index (κ2) is 28.8. The van der Waals surface area contributed by atoms with Crippen LogP contribution in [0, 0.1) is 11.8 Å². The van der Waals surface area contributed by atoms with E-state index in [0.29, 0.717) is 56.9 Å². The minimum absolute atomic E-state index is 0.0168. The van der Waals surface area contributed by atoms with Crippen molar-refractivity contribution in [2.24, 2.45) is 11.8 Å². The zero-order valence-corrected chi connectivity index (χ0v) is 51.0. The van der Waals surface area contributed by atoms with Crippen LogP contribution in [0.1, 0.15) is 122 Å². The maximum absolute atomic E-state index is 14.5. The molecule has 24 heteroatoms. The molecule has 1 spiro atoms. The molecule has 0 saturated carbocycles. The molecule has 486 valence electrons. The van der Waals surface area contributed by atoms with Gasteiger partial charge in [0.05, 0.1) is 86.8 Å². The lowest BCUT2D eigenvalue weighted by Crippen LogP contribution is -2.61. The van der Waals surface area contributed by atoms with Crippen molar-refractivity contribution >= 4 is 47.1 Å². The van der Waals surface area contributed by atoms with Gasteiger partial charge in [0.2, 0.25) is 29.5 Å². The number of ether oxygens (including phenoxy) is 9. The van der Waals surface area contributed by atoms with Crippen LogP contribution in [0.15, 0.2) is 66.8 Å². The molecule has 0 radical (unpaired) electrons. The standard InChI is InChI=1S/C65H88N6O18/c1-35-23-41-14-16-46-36(2)24-43(82-46)20-21-65-30-51-60(88-65)61-62(87-51)63(89-65)59-47(86-61)17-15-42(84-59)26-39(72)27-44-49(29-48(83-41)37(35)3)85-50(58(44)81-4)28-40(73)31-66-54(76)33-69-64(80)45(25-38-11-7-5-8-12-38)70-55(77)34-68-53(75)32-67-52(74)13-9-6-10-22-71-56(78)18-19-57(71)79/h5,7-8,11-12,18-19,35,40-51,58-63,73H,2-3,6,9-10,13-17,20-34H2,1,4H3,(H,66,76)(H,67,74)(H,68,75)(H,69,80)(H,70,77)/t35-,40+,41+,42-,43+,44+,45+,46+,47+,48-,49+,50-,51-,58-,59+,60+,61?,62-,63+,65+/m1/s1. The molecule has 1 unspecified atom stereocenters. The normalized spacial score (nSPS) is 36.2. The molecule has 0 aliphatic carbocycles. The predicted octanol–water partition coefficient (Wildman–Crippen LogP) is 2.16. The molecule has 24 nitrogen and oxygen atoms in total. The Bertz CT molecular complexity index is 2820. The van der Waals surface area contributed by atoms with Crippen molar-refractivity contribution in [3.63, 3.8) is 0 Å². The first kappa shape index (κ1) is 64.7. The van der Waals surface area contributed by atoms with Crippen LogP contribution in [0.4, 0.5) is 0 Å². The lowest BCUT2D eigenvalue weighted by Gasteiger charge is -2.47. The SMILES string of the molecule is C=C1C[C@@H]2CC[C@@]34C[C@H]5O[C@@H]6C(O[C@H]7CC[C@H](CC(=O)C[C@@H]8[C@@H](OC)[C@@H](C[C@H](O)CNC(=O)CNC(=O)[C@H](Cc9ccccc9)NC(=O)CNC(=O)CNC(=O)CCCCCN9C(=O)C=CC9=O)O[C@H]8C[C@H]8O[C@@H](CC[C@@H]1O2)C[C@@H](C)C8=C)O[C@@H]7[C@@H]6O3)[C@H]5O4. The number of imide groups is 1. The molecule has 10 saturated heterocycles. The summed E-state index contributed by atoms with van der Waals surface area (Å²) in [5, 5.41) is 24.4. The number of rotatable bonds is 21. The Kier molecular flexibility index (Phi) is 20.9. The maximum Gasteiger partial charge on any atom is 0.253 e. The highest BCUT2D eigenvalue weighted by Crippen LogP contribution is 2.54. The molecular weight excluding hydrogens is 1150 g/mol. The van der Waals surface area contributed by atoms with Crippen molar-refractivity contribution in [1.82, 2.24) is 31.5 Å². The second-order valence-corrected chi connectivity index (χ2v) is 26.0. The first-order valence-corrected chi connectivity index (χ1v) is 32.2. The number of ketones is 1. The summed E-state index contributed by atoms with van der Waals surface area (Å²) >= 11 is 0. The third-order valence-electron chi connectivity index (χ3n) is 19.7. The molecular formula is C65H88N6O18. The first-order chi connectivity index (χ1) is 42.9. The Morgan fingerprint density at radius 1 is 0.685 bits per heavy atom. The van der Waals surface area contributed by atoms with Gasteiger partial charge in [0.1, 0.15) is 42.3 Å². The van der Waals surface area contributed by atoms with Crippen LogP contribution in [0.2, 0.25) is 0 Å². The molecule has 6 N–H and O–H groups in total. The average Bonchev–Trinajstić information content (AvgIpc) is 1.59. The number of unbranched alkanes of at least 4 members (excludes halogenated alkanes) is 2. The number of hydrogen-bond donors (Lipinski definition) is 6. The molecule has 1 aromatic carbocycles. The molecule has 1 aromatic rings. The molecule has 89 heavy (non-hydrogen) atoms. The monoisotopic (exact) mass is 1240 g/mol. The third kappa shape index (κ3) is 15.6. The summed E-state index contributed by atoms with van der Waals surface area (Å²) in [5.74, 6) is -4.89. The van der Waals surface area contributed by atoms with E-state index >= 15 is 0 Å². The summed E-state index contributed by atoms with van der Waals surface area (Å²) < 4.78 is 60.7. The number of benzene rings is 1. The number of aliphatic hydroxyl groups excluding tert-OH is 1.